The van der Waals surface area contributed by atoms with E-state index in [0.717, 1.165) is 10.0 Å². The highest BCUT2D eigenvalue weighted by Crippen LogP contribution is 2.27. The Morgan fingerprint density at radius 1 is 1.40 bits per heavy atom. The number of carboxylic acid groups (broad SMARTS) is 1. The average Bonchev–Trinajstić information content (AvgIpc) is 2.18. The second kappa shape index (κ2) is 3.77. The first-order valence-corrected chi connectivity index (χ1v) is 5.41. The molecule has 1 atom stereocenters. The highest BCUT2D eigenvalue weighted by atomic mass is 79.9. The molecule has 1 aliphatic carbocycles. The first-order chi connectivity index (χ1) is 7.08. The maximum Gasteiger partial charge on any atom is 0.307 e. The summed E-state index contributed by atoms with van der Waals surface area (Å²) >= 11 is 3.29. The Balaban J connectivity index is 2.41. The van der Waals surface area contributed by atoms with Gasteiger partial charge >= 0.3 is 5.97 Å². The first-order valence-electron chi connectivity index (χ1n) is 4.62. The standard InChI is InChI=1S/C11H9BrO3/c12-8-2-1-6-3-7(11(14)15)4-10(13)9(6)5-8/h1-2,5,7H,3-4H2,(H,14,15). The minimum absolute atomic E-state index is 0.0787. The molecule has 1 aromatic carbocycles. The van der Waals surface area contributed by atoms with Crippen molar-refractivity contribution in [2.45, 2.75) is 12.8 Å². The number of benzene rings is 1. The molecule has 0 spiro atoms. The molecule has 1 unspecified atom stereocenters. The average molecular weight is 269 g/mol. The molecule has 0 radical (unpaired) electrons. The zero-order valence-electron chi connectivity index (χ0n) is 7.87. The monoisotopic (exact) mass is 268 g/mol. The van der Waals surface area contributed by atoms with Gasteiger partial charge in [-0.2, -0.15) is 0 Å². The number of Topliss-reactive ketones (excluding diaryl/α,β-unsaturated/α-hetero) is 1. The van der Waals surface area contributed by atoms with E-state index in [1.165, 1.54) is 0 Å². The summed E-state index contributed by atoms with van der Waals surface area (Å²) in [5, 5.41) is 8.87. The van der Waals surface area contributed by atoms with Gasteiger partial charge < -0.3 is 5.11 Å². The van der Waals surface area contributed by atoms with Gasteiger partial charge in [0.2, 0.25) is 0 Å². The van der Waals surface area contributed by atoms with Gasteiger partial charge in [0.15, 0.2) is 5.78 Å². The largest absolute Gasteiger partial charge is 0.481 e. The number of hydrogen-bond donors (Lipinski definition) is 1. The number of carbonyl (C=O) groups is 2. The third kappa shape index (κ3) is 1.95. The lowest BCUT2D eigenvalue weighted by Crippen LogP contribution is -2.26. The van der Waals surface area contributed by atoms with E-state index in [1.54, 1.807) is 6.07 Å². The molecule has 3 nitrogen and oxygen atoms in total. The van der Waals surface area contributed by atoms with E-state index in [-0.39, 0.29) is 12.2 Å². The van der Waals surface area contributed by atoms with Crippen molar-refractivity contribution in [1.29, 1.82) is 0 Å². The summed E-state index contributed by atoms with van der Waals surface area (Å²) < 4.78 is 0.850. The second-order valence-electron chi connectivity index (χ2n) is 3.67. The summed E-state index contributed by atoms with van der Waals surface area (Å²) in [6.07, 6.45) is 0.558. The lowest BCUT2D eigenvalue weighted by Gasteiger charge is -2.20. The number of rotatable bonds is 1. The zero-order chi connectivity index (χ0) is 11.0. The van der Waals surface area contributed by atoms with Crippen LogP contribution >= 0.6 is 15.9 Å². The lowest BCUT2D eigenvalue weighted by atomic mass is 9.83. The Morgan fingerprint density at radius 3 is 2.80 bits per heavy atom. The van der Waals surface area contributed by atoms with Crippen LogP contribution in [0.25, 0.3) is 0 Å². The Labute approximate surface area is 95.2 Å². The fraction of sp³-hybridized carbons (Fsp3) is 0.273. The Hall–Kier alpha value is -1.16. The second-order valence-corrected chi connectivity index (χ2v) is 4.58. The van der Waals surface area contributed by atoms with Gasteiger partial charge in [0, 0.05) is 16.5 Å². The van der Waals surface area contributed by atoms with Gasteiger partial charge in [0.25, 0.3) is 0 Å². The Bertz CT molecular complexity index is 439. The molecule has 1 N–H and O–H groups in total. The summed E-state index contributed by atoms with van der Waals surface area (Å²) in [6.45, 7) is 0. The van der Waals surface area contributed by atoms with E-state index in [9.17, 15) is 9.59 Å². The molecule has 1 aliphatic rings. The van der Waals surface area contributed by atoms with Crippen LogP contribution in [-0.4, -0.2) is 16.9 Å². The molecule has 0 bridgehead atoms. The highest BCUT2D eigenvalue weighted by Gasteiger charge is 2.29. The van der Waals surface area contributed by atoms with Gasteiger partial charge in [-0.05, 0) is 24.1 Å². The van der Waals surface area contributed by atoms with Crippen molar-refractivity contribution < 1.29 is 14.7 Å². The van der Waals surface area contributed by atoms with Crippen molar-refractivity contribution in [1.82, 2.24) is 0 Å². The molecule has 2 rings (SSSR count). The van der Waals surface area contributed by atoms with Gasteiger partial charge in [-0.1, -0.05) is 22.0 Å². The van der Waals surface area contributed by atoms with Crippen LogP contribution in [0.15, 0.2) is 22.7 Å². The van der Waals surface area contributed by atoms with Gasteiger partial charge in [0.1, 0.15) is 0 Å². The fourth-order valence-electron chi connectivity index (χ4n) is 1.83. The molecule has 1 aromatic rings. The van der Waals surface area contributed by atoms with Crippen molar-refractivity contribution in [3.63, 3.8) is 0 Å². The maximum atomic E-state index is 11.7. The number of fused-ring (bicyclic) bond motifs is 1. The summed E-state index contributed by atoms with van der Waals surface area (Å²) in [4.78, 5) is 22.5. The molecule has 0 fully saturated rings. The third-order valence-electron chi connectivity index (χ3n) is 2.62. The fourth-order valence-corrected chi connectivity index (χ4v) is 2.19. The topological polar surface area (TPSA) is 54.4 Å². The van der Waals surface area contributed by atoms with Crippen LogP contribution in [0.1, 0.15) is 22.3 Å². The molecule has 0 heterocycles. The van der Waals surface area contributed by atoms with Gasteiger partial charge in [-0.25, -0.2) is 0 Å². The van der Waals surface area contributed by atoms with E-state index < -0.39 is 11.9 Å². The van der Waals surface area contributed by atoms with Gasteiger partial charge in [0.05, 0.1) is 5.92 Å². The summed E-state index contributed by atoms with van der Waals surface area (Å²) in [5.41, 5.74) is 1.49. The number of ketones is 1. The molecule has 0 aromatic heterocycles. The Kier molecular flexibility index (Phi) is 2.61. The molecule has 15 heavy (non-hydrogen) atoms. The van der Waals surface area contributed by atoms with Crippen molar-refractivity contribution >= 4 is 27.7 Å². The number of hydrogen-bond acceptors (Lipinski definition) is 2. The number of halogens is 1. The van der Waals surface area contributed by atoms with Crippen molar-refractivity contribution in [2.75, 3.05) is 0 Å². The predicted molar refractivity (Wildman–Crippen MR) is 57.9 cm³/mol. The Morgan fingerprint density at radius 2 is 2.13 bits per heavy atom. The van der Waals surface area contributed by atoms with Crippen LogP contribution in [0.4, 0.5) is 0 Å². The highest BCUT2D eigenvalue weighted by molar-refractivity contribution is 9.10. The minimum atomic E-state index is -0.892. The SMILES string of the molecule is O=C1CC(C(=O)O)Cc2ccc(Br)cc21. The maximum absolute atomic E-state index is 11.7. The third-order valence-corrected chi connectivity index (χ3v) is 3.11. The van der Waals surface area contributed by atoms with E-state index in [1.807, 2.05) is 12.1 Å². The van der Waals surface area contributed by atoms with Crippen LogP contribution in [0, 0.1) is 5.92 Å². The smallest absolute Gasteiger partial charge is 0.307 e. The van der Waals surface area contributed by atoms with Crippen molar-refractivity contribution in [2.24, 2.45) is 5.92 Å². The number of aliphatic carboxylic acids is 1. The number of carbonyl (C=O) groups excluding carboxylic acids is 1. The molecule has 0 saturated heterocycles. The van der Waals surface area contributed by atoms with Crippen LogP contribution in [0.5, 0.6) is 0 Å². The quantitative estimate of drug-likeness (QED) is 0.850. The first kappa shape index (κ1) is 10.4. The molecule has 0 aliphatic heterocycles. The van der Waals surface area contributed by atoms with E-state index in [2.05, 4.69) is 15.9 Å². The number of carboxylic acids is 1. The summed E-state index contributed by atoms with van der Waals surface area (Å²) in [6, 6.07) is 5.40. The van der Waals surface area contributed by atoms with Crippen LogP contribution in [-0.2, 0) is 11.2 Å². The van der Waals surface area contributed by atoms with Crippen LogP contribution < -0.4 is 0 Å². The van der Waals surface area contributed by atoms with E-state index in [4.69, 9.17) is 5.11 Å². The van der Waals surface area contributed by atoms with Gasteiger partial charge in [-0.3, -0.25) is 9.59 Å². The van der Waals surface area contributed by atoms with Crippen LogP contribution in [0.3, 0.4) is 0 Å². The zero-order valence-corrected chi connectivity index (χ0v) is 9.45. The minimum Gasteiger partial charge on any atom is -0.481 e. The summed E-state index contributed by atoms with van der Waals surface area (Å²) in [7, 11) is 0. The molecule has 0 saturated carbocycles. The summed E-state index contributed by atoms with van der Waals surface area (Å²) in [5.74, 6) is -1.53. The lowest BCUT2D eigenvalue weighted by molar-refractivity contribution is -0.141. The predicted octanol–water partition coefficient (Wildman–Crippen LogP) is 2.28. The van der Waals surface area contributed by atoms with E-state index >= 15 is 0 Å². The molecular formula is C11H9BrO3. The van der Waals surface area contributed by atoms with Crippen molar-refractivity contribution in [3.05, 3.63) is 33.8 Å². The van der Waals surface area contributed by atoms with E-state index in [0.29, 0.717) is 12.0 Å². The van der Waals surface area contributed by atoms with Gasteiger partial charge in [-0.15, -0.1) is 0 Å². The molecule has 0 amide bonds. The molecule has 4 heteroatoms. The molecular weight excluding hydrogens is 260 g/mol. The normalized spacial score (nSPS) is 19.8. The molecule has 78 valence electrons. The van der Waals surface area contributed by atoms with Crippen molar-refractivity contribution in [3.8, 4) is 0 Å². The van der Waals surface area contributed by atoms with Crippen LogP contribution in [0.2, 0.25) is 0 Å².